The summed E-state index contributed by atoms with van der Waals surface area (Å²) in [6, 6.07) is 6.63. The Bertz CT molecular complexity index is 476. The fraction of sp³-hybridized carbons (Fsp3) is 0.182. The summed E-state index contributed by atoms with van der Waals surface area (Å²) < 4.78 is 0.743. The molecule has 0 heterocycles. The van der Waals surface area contributed by atoms with Gasteiger partial charge >= 0.3 is 5.97 Å². The monoisotopic (exact) mass is 314 g/mol. The zero-order valence-electron chi connectivity index (χ0n) is 9.27. The highest BCUT2D eigenvalue weighted by molar-refractivity contribution is 9.10. The number of hydrazine groups is 1. The Morgan fingerprint density at radius 1 is 1.17 bits per heavy atom. The molecule has 0 aliphatic carbocycles. The van der Waals surface area contributed by atoms with Crippen molar-refractivity contribution in [2.45, 2.75) is 12.8 Å². The quantitative estimate of drug-likeness (QED) is 0.724. The summed E-state index contributed by atoms with van der Waals surface area (Å²) in [5, 5.41) is 8.38. The molecule has 0 aliphatic heterocycles. The minimum absolute atomic E-state index is 0.186. The van der Waals surface area contributed by atoms with Crippen LogP contribution in [-0.2, 0) is 9.59 Å². The molecule has 0 unspecified atom stereocenters. The maximum atomic E-state index is 11.6. The zero-order chi connectivity index (χ0) is 13.5. The van der Waals surface area contributed by atoms with Gasteiger partial charge in [-0.05, 0) is 18.2 Å². The first-order valence-electron chi connectivity index (χ1n) is 5.05. The maximum Gasteiger partial charge on any atom is 0.303 e. The summed E-state index contributed by atoms with van der Waals surface area (Å²) in [6.45, 7) is 0. The standard InChI is InChI=1S/C11H11BrN2O4/c12-8-3-1-2-7(6-8)11(18)14-13-9(15)4-5-10(16)17/h1-3,6H,4-5H2,(H,13,15)(H,14,18)(H,16,17). The van der Waals surface area contributed by atoms with Crippen LogP contribution in [0.5, 0.6) is 0 Å². The highest BCUT2D eigenvalue weighted by atomic mass is 79.9. The highest BCUT2D eigenvalue weighted by Crippen LogP contribution is 2.11. The SMILES string of the molecule is O=C(O)CCC(=O)NNC(=O)c1cccc(Br)c1. The lowest BCUT2D eigenvalue weighted by Gasteiger charge is -2.06. The molecule has 0 saturated heterocycles. The molecule has 96 valence electrons. The van der Waals surface area contributed by atoms with Gasteiger partial charge in [0.25, 0.3) is 5.91 Å². The molecule has 0 aromatic heterocycles. The Balaban J connectivity index is 2.42. The molecule has 7 heteroatoms. The number of aliphatic carboxylic acids is 1. The van der Waals surface area contributed by atoms with Gasteiger partial charge in [-0.2, -0.15) is 0 Å². The van der Waals surface area contributed by atoms with Crippen molar-refractivity contribution < 1.29 is 19.5 Å². The summed E-state index contributed by atoms with van der Waals surface area (Å²) in [6.07, 6.45) is -0.466. The number of benzene rings is 1. The van der Waals surface area contributed by atoms with Gasteiger partial charge in [-0.25, -0.2) is 0 Å². The number of rotatable bonds is 4. The fourth-order valence-corrected chi connectivity index (χ4v) is 1.51. The third kappa shape index (κ3) is 4.96. The van der Waals surface area contributed by atoms with Crippen molar-refractivity contribution in [3.8, 4) is 0 Å². The summed E-state index contributed by atoms with van der Waals surface area (Å²) in [5.74, 6) is -2.09. The average molecular weight is 315 g/mol. The summed E-state index contributed by atoms with van der Waals surface area (Å²) >= 11 is 3.22. The topological polar surface area (TPSA) is 95.5 Å². The van der Waals surface area contributed by atoms with Gasteiger partial charge in [0, 0.05) is 16.5 Å². The van der Waals surface area contributed by atoms with E-state index in [2.05, 4.69) is 26.8 Å². The van der Waals surface area contributed by atoms with Crippen LogP contribution in [0.4, 0.5) is 0 Å². The van der Waals surface area contributed by atoms with Crippen LogP contribution < -0.4 is 10.9 Å². The van der Waals surface area contributed by atoms with E-state index in [0.29, 0.717) is 5.56 Å². The molecule has 0 bridgehead atoms. The smallest absolute Gasteiger partial charge is 0.303 e. The average Bonchev–Trinajstić information content (AvgIpc) is 2.33. The lowest BCUT2D eigenvalue weighted by molar-refractivity contribution is -0.138. The van der Waals surface area contributed by atoms with Gasteiger partial charge in [-0.1, -0.05) is 22.0 Å². The van der Waals surface area contributed by atoms with E-state index in [4.69, 9.17) is 5.11 Å². The van der Waals surface area contributed by atoms with E-state index in [-0.39, 0.29) is 12.8 Å². The van der Waals surface area contributed by atoms with Crippen molar-refractivity contribution in [2.24, 2.45) is 0 Å². The predicted molar refractivity (Wildman–Crippen MR) is 66.6 cm³/mol. The van der Waals surface area contributed by atoms with Crippen LogP contribution in [0.25, 0.3) is 0 Å². The number of carboxylic acids is 1. The Morgan fingerprint density at radius 3 is 2.50 bits per heavy atom. The Hall–Kier alpha value is -1.89. The van der Waals surface area contributed by atoms with Crippen molar-refractivity contribution in [3.63, 3.8) is 0 Å². The molecule has 0 fully saturated rings. The number of nitrogens with one attached hydrogen (secondary N) is 2. The molecular weight excluding hydrogens is 304 g/mol. The maximum absolute atomic E-state index is 11.6. The summed E-state index contributed by atoms with van der Waals surface area (Å²) in [5.41, 5.74) is 4.71. The van der Waals surface area contributed by atoms with Crippen LogP contribution >= 0.6 is 15.9 Å². The molecule has 0 atom stereocenters. The lowest BCUT2D eigenvalue weighted by atomic mass is 10.2. The van der Waals surface area contributed by atoms with Crippen molar-refractivity contribution in [2.75, 3.05) is 0 Å². The first-order valence-corrected chi connectivity index (χ1v) is 5.85. The third-order valence-corrected chi connectivity index (χ3v) is 2.46. The number of carbonyl (C=O) groups is 3. The molecule has 2 amide bonds. The Morgan fingerprint density at radius 2 is 1.89 bits per heavy atom. The van der Waals surface area contributed by atoms with E-state index >= 15 is 0 Å². The number of carboxylic acid groups (broad SMARTS) is 1. The van der Waals surface area contributed by atoms with Crippen molar-refractivity contribution >= 4 is 33.7 Å². The van der Waals surface area contributed by atoms with Gasteiger partial charge in [-0.15, -0.1) is 0 Å². The van der Waals surface area contributed by atoms with Gasteiger partial charge in [0.1, 0.15) is 0 Å². The molecular formula is C11H11BrN2O4. The van der Waals surface area contributed by atoms with Crippen LogP contribution in [0.1, 0.15) is 23.2 Å². The minimum Gasteiger partial charge on any atom is -0.481 e. The molecule has 18 heavy (non-hydrogen) atoms. The second kappa shape index (κ2) is 6.75. The second-order valence-electron chi connectivity index (χ2n) is 3.41. The van der Waals surface area contributed by atoms with Gasteiger partial charge in [-0.3, -0.25) is 25.2 Å². The van der Waals surface area contributed by atoms with Gasteiger partial charge in [0.2, 0.25) is 5.91 Å². The summed E-state index contributed by atoms with van der Waals surface area (Å²) in [7, 11) is 0. The number of amides is 2. The number of carbonyl (C=O) groups excluding carboxylic acids is 2. The van der Waals surface area contributed by atoms with Gasteiger partial charge < -0.3 is 5.11 Å². The molecule has 1 aromatic rings. The first kappa shape index (κ1) is 14.2. The molecule has 1 aromatic carbocycles. The Labute approximate surface area is 111 Å². The van der Waals surface area contributed by atoms with E-state index in [1.165, 1.54) is 0 Å². The molecule has 1 rings (SSSR count). The Kier molecular flexibility index (Phi) is 5.31. The normalized spacial score (nSPS) is 9.61. The van der Waals surface area contributed by atoms with Crippen molar-refractivity contribution in [1.82, 2.24) is 10.9 Å². The zero-order valence-corrected chi connectivity index (χ0v) is 10.9. The number of hydrogen-bond donors (Lipinski definition) is 3. The third-order valence-electron chi connectivity index (χ3n) is 1.97. The predicted octanol–water partition coefficient (Wildman–Crippen LogP) is 1.07. The summed E-state index contributed by atoms with van der Waals surface area (Å²) in [4.78, 5) is 33.0. The van der Waals surface area contributed by atoms with E-state index in [1.54, 1.807) is 24.3 Å². The second-order valence-corrected chi connectivity index (χ2v) is 4.32. The van der Waals surface area contributed by atoms with Crippen LogP contribution in [-0.4, -0.2) is 22.9 Å². The van der Waals surface area contributed by atoms with Gasteiger partial charge in [0.15, 0.2) is 0 Å². The van der Waals surface area contributed by atoms with Crippen LogP contribution in [0.3, 0.4) is 0 Å². The first-order chi connectivity index (χ1) is 8.49. The van der Waals surface area contributed by atoms with Crippen molar-refractivity contribution in [1.29, 1.82) is 0 Å². The van der Waals surface area contributed by atoms with E-state index < -0.39 is 17.8 Å². The molecule has 0 spiro atoms. The number of hydrogen-bond acceptors (Lipinski definition) is 3. The minimum atomic E-state index is -1.07. The largest absolute Gasteiger partial charge is 0.481 e. The van der Waals surface area contributed by atoms with E-state index in [9.17, 15) is 14.4 Å². The molecule has 0 aliphatic rings. The van der Waals surface area contributed by atoms with Gasteiger partial charge in [0.05, 0.1) is 6.42 Å². The van der Waals surface area contributed by atoms with Crippen molar-refractivity contribution in [3.05, 3.63) is 34.3 Å². The number of halogens is 1. The fourth-order valence-electron chi connectivity index (χ4n) is 1.11. The van der Waals surface area contributed by atoms with E-state index in [0.717, 1.165) is 4.47 Å². The van der Waals surface area contributed by atoms with Crippen LogP contribution in [0, 0.1) is 0 Å². The van der Waals surface area contributed by atoms with Crippen LogP contribution in [0.15, 0.2) is 28.7 Å². The van der Waals surface area contributed by atoms with Crippen LogP contribution in [0.2, 0.25) is 0 Å². The molecule has 0 radical (unpaired) electrons. The molecule has 3 N–H and O–H groups in total. The molecule has 0 saturated carbocycles. The van der Waals surface area contributed by atoms with E-state index in [1.807, 2.05) is 0 Å². The molecule has 6 nitrogen and oxygen atoms in total. The lowest BCUT2D eigenvalue weighted by Crippen LogP contribution is -2.41. The highest BCUT2D eigenvalue weighted by Gasteiger charge is 2.08.